The monoisotopic (exact) mass is 271 g/mol. The van der Waals surface area contributed by atoms with Gasteiger partial charge in [0.15, 0.2) is 0 Å². The molecule has 1 aromatic rings. The van der Waals surface area contributed by atoms with Crippen molar-refractivity contribution in [3.05, 3.63) is 16.1 Å². The molecule has 0 saturated carbocycles. The number of aromatic nitrogens is 1. The molecule has 1 unspecified atom stereocenters. The molecule has 0 fully saturated rings. The van der Waals surface area contributed by atoms with Gasteiger partial charge >= 0.3 is 5.97 Å². The summed E-state index contributed by atoms with van der Waals surface area (Å²) in [5.74, 6) is -0.623. The third-order valence-electron chi connectivity index (χ3n) is 2.31. The molecule has 0 radical (unpaired) electrons. The van der Waals surface area contributed by atoms with E-state index in [4.69, 9.17) is 5.73 Å². The van der Waals surface area contributed by atoms with Crippen molar-refractivity contribution in [3.63, 3.8) is 0 Å². The second-order valence-electron chi connectivity index (χ2n) is 3.97. The largest absolute Gasteiger partial charge is 0.468 e. The number of hydrogen-bond donors (Lipinski definition) is 1. The zero-order valence-corrected chi connectivity index (χ0v) is 11.5. The van der Waals surface area contributed by atoms with Crippen molar-refractivity contribution < 1.29 is 14.3 Å². The molecule has 0 saturated heterocycles. The number of nitrogens with two attached hydrogens (primary N) is 1. The summed E-state index contributed by atoms with van der Waals surface area (Å²) in [6.45, 7) is 1.79. The minimum atomic E-state index is -0.444. The smallest absolute Gasteiger partial charge is 0.325 e. The quantitative estimate of drug-likeness (QED) is 0.780. The van der Waals surface area contributed by atoms with Gasteiger partial charge in [-0.25, -0.2) is 4.98 Å². The second kappa shape index (κ2) is 6.46. The summed E-state index contributed by atoms with van der Waals surface area (Å²) in [5, 5.41) is 2.61. The standard InChI is InChI=1S/C11H17N3O3S/c1-7(12)11-13-8(6-18-11)4-9(15)14(2)5-10(16)17-3/h6-7H,4-5,12H2,1-3H3. The van der Waals surface area contributed by atoms with Crippen LogP contribution in [0.4, 0.5) is 0 Å². The van der Waals surface area contributed by atoms with Gasteiger partial charge in [0, 0.05) is 12.4 Å². The van der Waals surface area contributed by atoms with Gasteiger partial charge in [-0.1, -0.05) is 0 Å². The van der Waals surface area contributed by atoms with Gasteiger partial charge in [0.05, 0.1) is 25.3 Å². The van der Waals surface area contributed by atoms with Crippen molar-refractivity contribution in [3.8, 4) is 0 Å². The van der Waals surface area contributed by atoms with Crippen molar-refractivity contribution >= 4 is 23.2 Å². The third-order valence-corrected chi connectivity index (χ3v) is 3.41. The minimum absolute atomic E-state index is 0.0559. The van der Waals surface area contributed by atoms with Crippen LogP contribution in [0.1, 0.15) is 23.7 Å². The van der Waals surface area contributed by atoms with E-state index in [2.05, 4.69) is 9.72 Å². The first-order valence-corrected chi connectivity index (χ1v) is 6.32. The van der Waals surface area contributed by atoms with E-state index in [1.807, 2.05) is 12.3 Å². The highest BCUT2D eigenvalue weighted by Gasteiger charge is 2.15. The van der Waals surface area contributed by atoms with Gasteiger partial charge < -0.3 is 15.4 Å². The fraction of sp³-hybridized carbons (Fsp3) is 0.545. The molecule has 18 heavy (non-hydrogen) atoms. The fourth-order valence-electron chi connectivity index (χ4n) is 1.25. The van der Waals surface area contributed by atoms with E-state index in [0.29, 0.717) is 5.69 Å². The van der Waals surface area contributed by atoms with Crippen molar-refractivity contribution in [2.24, 2.45) is 5.73 Å². The lowest BCUT2D eigenvalue weighted by molar-refractivity contribution is -0.145. The normalized spacial score (nSPS) is 12.0. The fourth-order valence-corrected chi connectivity index (χ4v) is 2.03. The predicted molar refractivity (Wildman–Crippen MR) is 68.1 cm³/mol. The van der Waals surface area contributed by atoms with Crippen LogP contribution in [0.25, 0.3) is 0 Å². The molecule has 1 rings (SSSR count). The number of carbonyl (C=O) groups excluding carboxylic acids is 2. The van der Waals surface area contributed by atoms with Gasteiger partial charge in [-0.15, -0.1) is 11.3 Å². The Bertz CT molecular complexity index is 431. The van der Waals surface area contributed by atoms with Crippen LogP contribution >= 0.6 is 11.3 Å². The second-order valence-corrected chi connectivity index (χ2v) is 4.86. The molecule has 1 amide bonds. The zero-order valence-electron chi connectivity index (χ0n) is 10.7. The summed E-state index contributed by atoms with van der Waals surface area (Å²) in [6.07, 6.45) is 0.163. The molecule has 6 nitrogen and oxygen atoms in total. The lowest BCUT2D eigenvalue weighted by Gasteiger charge is -2.14. The maximum atomic E-state index is 11.8. The molecule has 2 N–H and O–H groups in total. The number of carbonyl (C=O) groups is 2. The van der Waals surface area contributed by atoms with Crippen LogP contribution in [-0.4, -0.2) is 42.5 Å². The maximum Gasteiger partial charge on any atom is 0.325 e. The molecule has 1 atom stereocenters. The Hall–Kier alpha value is -1.47. The van der Waals surface area contributed by atoms with E-state index in [1.54, 1.807) is 7.05 Å². The van der Waals surface area contributed by atoms with Crippen LogP contribution < -0.4 is 5.73 Å². The molecule has 0 bridgehead atoms. The molecule has 0 spiro atoms. The lowest BCUT2D eigenvalue weighted by atomic mass is 10.3. The van der Waals surface area contributed by atoms with Gasteiger partial charge in [-0.2, -0.15) is 0 Å². The number of likely N-dealkylation sites (N-methyl/N-ethyl adjacent to an activating group) is 1. The van der Waals surface area contributed by atoms with Gasteiger partial charge in [0.1, 0.15) is 11.6 Å². The predicted octanol–water partition coefficient (Wildman–Crippen LogP) is 0.337. The zero-order chi connectivity index (χ0) is 13.7. The average molecular weight is 271 g/mol. The summed E-state index contributed by atoms with van der Waals surface area (Å²) in [7, 11) is 2.84. The Labute approximate surface area is 110 Å². The highest BCUT2D eigenvalue weighted by Crippen LogP contribution is 2.16. The Kier molecular flexibility index (Phi) is 5.24. The van der Waals surface area contributed by atoms with E-state index in [0.717, 1.165) is 5.01 Å². The maximum absolute atomic E-state index is 11.8. The highest BCUT2D eigenvalue weighted by molar-refractivity contribution is 7.09. The average Bonchev–Trinajstić information content (AvgIpc) is 2.77. The molecule has 0 aliphatic heterocycles. The number of thiazole rings is 1. The minimum Gasteiger partial charge on any atom is -0.468 e. The number of nitrogens with zero attached hydrogens (tertiary/aromatic N) is 2. The van der Waals surface area contributed by atoms with Crippen molar-refractivity contribution in [1.82, 2.24) is 9.88 Å². The Morgan fingerprint density at radius 1 is 1.61 bits per heavy atom. The van der Waals surface area contributed by atoms with Crippen LogP contribution in [0.15, 0.2) is 5.38 Å². The van der Waals surface area contributed by atoms with Crippen LogP contribution in [0, 0.1) is 0 Å². The SMILES string of the molecule is COC(=O)CN(C)C(=O)Cc1csc(C(C)N)n1. The summed E-state index contributed by atoms with van der Waals surface area (Å²) in [6, 6.07) is -0.133. The summed E-state index contributed by atoms with van der Waals surface area (Å²) in [4.78, 5) is 28.4. The van der Waals surface area contributed by atoms with Crippen LogP contribution in [0.5, 0.6) is 0 Å². The Balaban J connectivity index is 2.55. The molecule has 0 aliphatic carbocycles. The van der Waals surface area contributed by atoms with Crippen molar-refractivity contribution in [1.29, 1.82) is 0 Å². The number of rotatable bonds is 5. The molecular weight excluding hydrogens is 254 g/mol. The van der Waals surface area contributed by atoms with E-state index >= 15 is 0 Å². The van der Waals surface area contributed by atoms with Gasteiger partial charge in [-0.3, -0.25) is 9.59 Å². The first-order chi connectivity index (χ1) is 8.43. The molecule has 1 aromatic heterocycles. The highest BCUT2D eigenvalue weighted by atomic mass is 32.1. The van der Waals surface area contributed by atoms with E-state index < -0.39 is 5.97 Å². The van der Waals surface area contributed by atoms with E-state index in [1.165, 1.54) is 23.3 Å². The van der Waals surface area contributed by atoms with Crippen molar-refractivity contribution in [2.75, 3.05) is 20.7 Å². The van der Waals surface area contributed by atoms with E-state index in [-0.39, 0.29) is 24.9 Å². The number of esters is 1. The van der Waals surface area contributed by atoms with Crippen LogP contribution in [0.3, 0.4) is 0 Å². The van der Waals surface area contributed by atoms with Gasteiger partial charge in [0.25, 0.3) is 0 Å². The molecular formula is C11H17N3O3S. The van der Waals surface area contributed by atoms with Crippen LogP contribution in [0.2, 0.25) is 0 Å². The number of methoxy groups -OCH3 is 1. The number of amides is 1. The topological polar surface area (TPSA) is 85.5 Å². The Morgan fingerprint density at radius 2 is 2.28 bits per heavy atom. The third kappa shape index (κ3) is 4.08. The molecule has 0 aromatic carbocycles. The number of hydrogen-bond acceptors (Lipinski definition) is 6. The molecule has 0 aliphatic rings. The Morgan fingerprint density at radius 3 is 2.78 bits per heavy atom. The first kappa shape index (κ1) is 14.6. The summed E-state index contributed by atoms with van der Waals surface area (Å²) < 4.78 is 4.49. The summed E-state index contributed by atoms with van der Waals surface area (Å²) in [5.41, 5.74) is 6.37. The van der Waals surface area contributed by atoms with Gasteiger partial charge in [0.2, 0.25) is 5.91 Å². The van der Waals surface area contributed by atoms with Crippen LogP contribution in [-0.2, 0) is 20.7 Å². The van der Waals surface area contributed by atoms with Gasteiger partial charge in [-0.05, 0) is 6.92 Å². The molecule has 100 valence electrons. The van der Waals surface area contributed by atoms with E-state index in [9.17, 15) is 9.59 Å². The first-order valence-electron chi connectivity index (χ1n) is 5.44. The lowest BCUT2D eigenvalue weighted by Crippen LogP contribution is -2.33. The summed E-state index contributed by atoms with van der Waals surface area (Å²) >= 11 is 1.43. The molecule has 7 heteroatoms. The molecule has 1 heterocycles. The van der Waals surface area contributed by atoms with Crippen molar-refractivity contribution in [2.45, 2.75) is 19.4 Å². The number of ether oxygens (including phenoxy) is 1.